The highest BCUT2D eigenvalue weighted by Gasteiger charge is 2.31. The van der Waals surface area contributed by atoms with E-state index in [-0.39, 0.29) is 18.0 Å². The minimum absolute atomic E-state index is 0.0628. The lowest BCUT2D eigenvalue weighted by Gasteiger charge is -2.23. The largest absolute Gasteiger partial charge is 0.338 e. The monoisotopic (exact) mass is 359 g/mol. The lowest BCUT2D eigenvalue weighted by Crippen LogP contribution is -3.12. The molecule has 2 saturated heterocycles. The summed E-state index contributed by atoms with van der Waals surface area (Å²) >= 11 is 0. The maximum atomic E-state index is 12.2. The molecule has 6 nitrogen and oxygen atoms in total. The topological polar surface area (TPSA) is 65.9 Å². The van der Waals surface area contributed by atoms with Crippen molar-refractivity contribution in [2.45, 2.75) is 45.1 Å². The molecule has 0 aromatic heterocycles. The summed E-state index contributed by atoms with van der Waals surface area (Å²) in [5.74, 6) is 0.0628. The number of amides is 3. The average Bonchev–Trinajstić information content (AvgIpc) is 3.00. The van der Waals surface area contributed by atoms with Crippen molar-refractivity contribution < 1.29 is 14.5 Å². The second-order valence-electron chi connectivity index (χ2n) is 7.56. The molecule has 3 N–H and O–H groups in total. The van der Waals surface area contributed by atoms with Crippen molar-refractivity contribution in [2.75, 3.05) is 37.6 Å². The summed E-state index contributed by atoms with van der Waals surface area (Å²) in [6, 6.07) is 7.62. The van der Waals surface area contributed by atoms with Crippen LogP contribution in [0.25, 0.3) is 0 Å². The van der Waals surface area contributed by atoms with Gasteiger partial charge in [-0.05, 0) is 38.3 Å². The SMILES string of the molecule is Cc1ccc(N2C[C@H](NC(=O)NCCC[NH+]3CCCCC3)CC2=O)cc1. The second kappa shape index (κ2) is 9.03. The van der Waals surface area contributed by atoms with Gasteiger partial charge in [-0.2, -0.15) is 0 Å². The highest BCUT2D eigenvalue weighted by atomic mass is 16.2. The van der Waals surface area contributed by atoms with Gasteiger partial charge in [-0.15, -0.1) is 0 Å². The van der Waals surface area contributed by atoms with Crippen LogP contribution >= 0.6 is 0 Å². The Kier molecular flexibility index (Phi) is 6.50. The van der Waals surface area contributed by atoms with E-state index in [1.807, 2.05) is 31.2 Å². The van der Waals surface area contributed by atoms with Crippen molar-refractivity contribution >= 4 is 17.6 Å². The van der Waals surface area contributed by atoms with Gasteiger partial charge in [0.05, 0.1) is 25.7 Å². The van der Waals surface area contributed by atoms with Gasteiger partial charge >= 0.3 is 6.03 Å². The van der Waals surface area contributed by atoms with E-state index in [2.05, 4.69) is 10.6 Å². The number of hydrogen-bond donors (Lipinski definition) is 3. The number of benzene rings is 1. The molecule has 2 heterocycles. The summed E-state index contributed by atoms with van der Waals surface area (Å²) in [5, 5.41) is 5.87. The van der Waals surface area contributed by atoms with E-state index in [1.54, 1.807) is 9.80 Å². The molecule has 2 aliphatic rings. The first-order chi connectivity index (χ1) is 12.6. The Bertz CT molecular complexity index is 611. The average molecular weight is 359 g/mol. The third kappa shape index (κ3) is 5.21. The summed E-state index contributed by atoms with van der Waals surface area (Å²) in [6.45, 7) is 6.92. The number of nitrogens with zero attached hydrogens (tertiary/aromatic N) is 1. The van der Waals surface area contributed by atoms with E-state index in [0.717, 1.165) is 18.7 Å². The Balaban J connectivity index is 1.36. The van der Waals surface area contributed by atoms with Gasteiger partial charge in [0.1, 0.15) is 0 Å². The number of quaternary nitrogens is 1. The van der Waals surface area contributed by atoms with Crippen molar-refractivity contribution in [2.24, 2.45) is 0 Å². The molecular formula is C20H31N4O2+. The molecule has 1 atom stereocenters. The summed E-state index contributed by atoms with van der Waals surface area (Å²) in [4.78, 5) is 27.7. The summed E-state index contributed by atoms with van der Waals surface area (Å²) in [7, 11) is 0. The number of anilines is 1. The Labute approximate surface area is 155 Å². The van der Waals surface area contributed by atoms with Crippen molar-refractivity contribution in [1.29, 1.82) is 0 Å². The van der Waals surface area contributed by atoms with Crippen LogP contribution in [-0.4, -0.2) is 50.7 Å². The smallest absolute Gasteiger partial charge is 0.315 e. The van der Waals surface area contributed by atoms with Gasteiger partial charge in [-0.3, -0.25) is 4.79 Å². The lowest BCUT2D eigenvalue weighted by atomic mass is 10.1. The first kappa shape index (κ1) is 18.7. The fourth-order valence-corrected chi connectivity index (χ4v) is 3.86. The van der Waals surface area contributed by atoms with Crippen LogP contribution in [0.15, 0.2) is 24.3 Å². The molecule has 1 aromatic rings. The van der Waals surface area contributed by atoms with Crippen LogP contribution in [0.4, 0.5) is 10.5 Å². The van der Waals surface area contributed by atoms with Crippen molar-refractivity contribution in [3.05, 3.63) is 29.8 Å². The normalized spacial score (nSPS) is 21.0. The number of rotatable bonds is 6. The predicted molar refractivity (Wildman–Crippen MR) is 103 cm³/mol. The highest BCUT2D eigenvalue weighted by molar-refractivity contribution is 5.96. The number of urea groups is 1. The van der Waals surface area contributed by atoms with Crippen molar-refractivity contribution in [1.82, 2.24) is 10.6 Å². The molecule has 6 heteroatoms. The number of hydrogen-bond acceptors (Lipinski definition) is 2. The summed E-state index contributed by atoms with van der Waals surface area (Å²) < 4.78 is 0. The van der Waals surface area contributed by atoms with Crippen LogP contribution in [0.1, 0.15) is 37.7 Å². The lowest BCUT2D eigenvalue weighted by molar-refractivity contribution is -0.904. The molecule has 2 fully saturated rings. The van der Waals surface area contributed by atoms with Crippen LogP contribution in [0.3, 0.4) is 0 Å². The van der Waals surface area contributed by atoms with Gasteiger partial charge in [0, 0.05) is 31.6 Å². The molecule has 3 rings (SSSR count). The number of piperidine rings is 1. The zero-order valence-corrected chi connectivity index (χ0v) is 15.7. The number of carbonyl (C=O) groups is 2. The summed E-state index contributed by atoms with van der Waals surface area (Å²) in [6.07, 6.45) is 5.39. The van der Waals surface area contributed by atoms with Crippen LogP contribution in [0, 0.1) is 6.92 Å². The maximum absolute atomic E-state index is 12.2. The van der Waals surface area contributed by atoms with Gasteiger partial charge in [-0.1, -0.05) is 17.7 Å². The molecule has 0 unspecified atom stereocenters. The van der Waals surface area contributed by atoms with Crippen LogP contribution < -0.4 is 20.4 Å². The van der Waals surface area contributed by atoms with Crippen LogP contribution in [-0.2, 0) is 4.79 Å². The summed E-state index contributed by atoms with van der Waals surface area (Å²) in [5.41, 5.74) is 2.07. The Morgan fingerprint density at radius 1 is 1.19 bits per heavy atom. The number of carbonyl (C=O) groups excluding carboxylic acids is 2. The molecule has 1 aromatic carbocycles. The van der Waals surface area contributed by atoms with Gasteiger partial charge in [-0.25, -0.2) is 4.79 Å². The third-order valence-electron chi connectivity index (χ3n) is 5.36. The molecule has 0 spiro atoms. The van der Waals surface area contributed by atoms with Crippen molar-refractivity contribution in [3.63, 3.8) is 0 Å². The standard InChI is InChI=1S/C20H30N4O2/c1-16-6-8-18(9-7-16)24-15-17(14-19(24)25)22-20(26)21-10-5-13-23-11-3-2-4-12-23/h6-9,17H,2-5,10-15H2,1H3,(H2,21,22,26)/p+1/t17-/m1/s1. The minimum Gasteiger partial charge on any atom is -0.338 e. The molecule has 3 amide bonds. The molecule has 0 radical (unpaired) electrons. The van der Waals surface area contributed by atoms with E-state index in [1.165, 1.54) is 37.9 Å². The highest BCUT2D eigenvalue weighted by Crippen LogP contribution is 2.21. The van der Waals surface area contributed by atoms with E-state index in [4.69, 9.17) is 0 Å². The second-order valence-corrected chi connectivity index (χ2v) is 7.56. The molecule has 26 heavy (non-hydrogen) atoms. The zero-order chi connectivity index (χ0) is 18.4. The van der Waals surface area contributed by atoms with Crippen molar-refractivity contribution in [3.8, 4) is 0 Å². The Hall–Kier alpha value is -2.08. The first-order valence-electron chi connectivity index (χ1n) is 9.87. The van der Waals surface area contributed by atoms with Gasteiger partial charge in [0.2, 0.25) is 5.91 Å². The Morgan fingerprint density at radius 2 is 1.92 bits per heavy atom. The van der Waals surface area contributed by atoms with Gasteiger partial charge in [0.25, 0.3) is 0 Å². The third-order valence-corrected chi connectivity index (χ3v) is 5.36. The number of aryl methyl sites for hydroxylation is 1. The minimum atomic E-state index is -0.165. The van der Waals surface area contributed by atoms with E-state index < -0.39 is 0 Å². The first-order valence-corrected chi connectivity index (χ1v) is 9.87. The zero-order valence-electron chi connectivity index (χ0n) is 15.7. The van der Waals surface area contributed by atoms with E-state index in [9.17, 15) is 9.59 Å². The van der Waals surface area contributed by atoms with Gasteiger partial charge in [0.15, 0.2) is 0 Å². The van der Waals surface area contributed by atoms with E-state index in [0.29, 0.717) is 19.5 Å². The quantitative estimate of drug-likeness (QED) is 0.660. The van der Waals surface area contributed by atoms with Gasteiger partial charge < -0.3 is 20.4 Å². The van der Waals surface area contributed by atoms with E-state index >= 15 is 0 Å². The predicted octanol–water partition coefficient (Wildman–Crippen LogP) is 0.858. The van der Waals surface area contributed by atoms with Crippen LogP contribution in [0.5, 0.6) is 0 Å². The molecule has 0 saturated carbocycles. The molecule has 142 valence electrons. The fraction of sp³-hybridized carbons (Fsp3) is 0.600. The molecule has 0 bridgehead atoms. The van der Waals surface area contributed by atoms with Crippen LogP contribution in [0.2, 0.25) is 0 Å². The number of likely N-dealkylation sites (tertiary alicyclic amines) is 1. The maximum Gasteiger partial charge on any atom is 0.315 e. The molecule has 2 aliphatic heterocycles. The molecular weight excluding hydrogens is 328 g/mol. The number of nitrogens with one attached hydrogen (secondary N) is 3. The molecule has 0 aliphatic carbocycles. The Morgan fingerprint density at radius 3 is 2.65 bits per heavy atom. The fourth-order valence-electron chi connectivity index (χ4n) is 3.86.